The minimum atomic E-state index is 0.430. The van der Waals surface area contributed by atoms with E-state index in [0.717, 1.165) is 31.0 Å². The number of nitrogens with one attached hydrogen (secondary N) is 1. The number of hydrogen-bond acceptors (Lipinski definition) is 5. The fourth-order valence-corrected chi connectivity index (χ4v) is 2.77. The smallest absolute Gasteiger partial charge is 0.144 e. The number of morpholine rings is 1. The third-order valence-electron chi connectivity index (χ3n) is 3.54. The number of hydrazine groups is 1. The first-order valence-electron chi connectivity index (χ1n) is 6.13. The van der Waals surface area contributed by atoms with Gasteiger partial charge >= 0.3 is 0 Å². The number of aromatic nitrogens is 1. The van der Waals surface area contributed by atoms with Crippen molar-refractivity contribution in [2.24, 2.45) is 5.84 Å². The van der Waals surface area contributed by atoms with Crippen LogP contribution < -0.4 is 11.3 Å². The van der Waals surface area contributed by atoms with Crippen LogP contribution in [0, 0.1) is 0 Å². The first-order valence-corrected chi connectivity index (χ1v) is 6.13. The van der Waals surface area contributed by atoms with E-state index in [-0.39, 0.29) is 0 Å². The molecule has 0 radical (unpaired) electrons. The number of pyridine rings is 1. The van der Waals surface area contributed by atoms with Gasteiger partial charge in [-0.05, 0) is 18.9 Å². The van der Waals surface area contributed by atoms with Crippen LogP contribution >= 0.6 is 0 Å². The third kappa shape index (κ3) is 2.26. The summed E-state index contributed by atoms with van der Waals surface area (Å²) >= 11 is 0. The number of nitrogen functional groups attached to an aromatic ring is 1. The van der Waals surface area contributed by atoms with Crippen molar-refractivity contribution in [2.75, 3.05) is 18.5 Å². The normalized spacial score (nSPS) is 28.3. The van der Waals surface area contributed by atoms with Crippen molar-refractivity contribution in [1.29, 1.82) is 0 Å². The molecule has 2 atom stereocenters. The molecule has 92 valence electrons. The van der Waals surface area contributed by atoms with Crippen molar-refractivity contribution in [1.82, 2.24) is 9.88 Å². The van der Waals surface area contributed by atoms with Crippen LogP contribution in [-0.4, -0.2) is 35.2 Å². The maximum Gasteiger partial charge on any atom is 0.144 e. The van der Waals surface area contributed by atoms with Crippen LogP contribution in [0.5, 0.6) is 0 Å². The molecule has 2 fully saturated rings. The van der Waals surface area contributed by atoms with E-state index in [0.29, 0.717) is 12.2 Å². The standard InChI is InChI=1S/C12H18N4O/c13-15-12-9(2-1-5-14-12)6-16-7-10-3-4-11(8-16)17-10/h1-2,5,10-11H,3-4,6-8,13H2,(H,14,15). The van der Waals surface area contributed by atoms with Gasteiger partial charge in [-0.1, -0.05) is 6.07 Å². The molecule has 0 spiro atoms. The highest BCUT2D eigenvalue weighted by molar-refractivity contribution is 5.42. The molecule has 0 aromatic carbocycles. The summed E-state index contributed by atoms with van der Waals surface area (Å²) in [5, 5.41) is 0. The average Bonchev–Trinajstić information content (AvgIpc) is 2.69. The number of ether oxygens (including phenoxy) is 1. The van der Waals surface area contributed by atoms with Crippen molar-refractivity contribution < 1.29 is 4.74 Å². The Morgan fingerprint density at radius 1 is 1.41 bits per heavy atom. The van der Waals surface area contributed by atoms with Crippen LogP contribution in [-0.2, 0) is 11.3 Å². The summed E-state index contributed by atoms with van der Waals surface area (Å²) in [5.74, 6) is 6.24. The molecule has 2 aliphatic rings. The van der Waals surface area contributed by atoms with E-state index >= 15 is 0 Å². The first-order chi connectivity index (χ1) is 8.35. The van der Waals surface area contributed by atoms with Gasteiger partial charge in [0.05, 0.1) is 12.2 Å². The van der Waals surface area contributed by atoms with Gasteiger partial charge in [0.15, 0.2) is 0 Å². The highest BCUT2D eigenvalue weighted by atomic mass is 16.5. The second-order valence-corrected chi connectivity index (χ2v) is 4.81. The van der Waals surface area contributed by atoms with Crippen LogP contribution in [0.1, 0.15) is 18.4 Å². The highest BCUT2D eigenvalue weighted by Gasteiger charge is 2.33. The molecule has 0 saturated carbocycles. The van der Waals surface area contributed by atoms with Crippen LogP contribution in [0.4, 0.5) is 5.82 Å². The van der Waals surface area contributed by atoms with E-state index in [1.807, 2.05) is 6.07 Å². The number of fused-ring (bicyclic) bond motifs is 2. The summed E-state index contributed by atoms with van der Waals surface area (Å²) < 4.78 is 5.82. The Hall–Kier alpha value is -1.17. The average molecular weight is 234 g/mol. The largest absolute Gasteiger partial charge is 0.372 e. The number of nitrogens with zero attached hydrogens (tertiary/aromatic N) is 2. The van der Waals surface area contributed by atoms with E-state index in [4.69, 9.17) is 10.6 Å². The van der Waals surface area contributed by atoms with Gasteiger partial charge in [0, 0.05) is 31.4 Å². The number of nitrogens with two attached hydrogens (primary N) is 1. The molecule has 2 aliphatic heterocycles. The summed E-state index contributed by atoms with van der Waals surface area (Å²) in [6.45, 7) is 2.94. The Bertz CT molecular complexity index is 386. The molecule has 5 heteroatoms. The van der Waals surface area contributed by atoms with Crippen molar-refractivity contribution >= 4 is 5.82 Å². The lowest BCUT2D eigenvalue weighted by Gasteiger charge is -2.32. The summed E-state index contributed by atoms with van der Waals surface area (Å²) in [7, 11) is 0. The molecule has 3 heterocycles. The molecular weight excluding hydrogens is 216 g/mol. The third-order valence-corrected chi connectivity index (χ3v) is 3.54. The second-order valence-electron chi connectivity index (χ2n) is 4.81. The van der Waals surface area contributed by atoms with E-state index in [9.17, 15) is 0 Å². The molecule has 1 aromatic rings. The number of rotatable bonds is 3. The van der Waals surface area contributed by atoms with Crippen LogP contribution in [0.3, 0.4) is 0 Å². The van der Waals surface area contributed by atoms with Crippen LogP contribution in [0.25, 0.3) is 0 Å². The van der Waals surface area contributed by atoms with E-state index < -0.39 is 0 Å². The molecule has 5 nitrogen and oxygen atoms in total. The Balaban J connectivity index is 1.70. The molecule has 3 N–H and O–H groups in total. The van der Waals surface area contributed by atoms with Gasteiger partial charge < -0.3 is 10.2 Å². The zero-order valence-electron chi connectivity index (χ0n) is 9.80. The first kappa shape index (κ1) is 11.0. The van der Waals surface area contributed by atoms with Gasteiger partial charge in [-0.2, -0.15) is 0 Å². The second kappa shape index (κ2) is 4.60. The Labute approximate surface area is 101 Å². The Morgan fingerprint density at radius 3 is 2.88 bits per heavy atom. The number of anilines is 1. The molecule has 3 rings (SSSR count). The quantitative estimate of drug-likeness (QED) is 0.596. The number of likely N-dealkylation sites (tertiary alicyclic amines) is 1. The molecule has 0 amide bonds. The van der Waals surface area contributed by atoms with Crippen molar-refractivity contribution in [2.45, 2.75) is 31.6 Å². The van der Waals surface area contributed by atoms with Gasteiger partial charge in [0.25, 0.3) is 0 Å². The fourth-order valence-electron chi connectivity index (χ4n) is 2.77. The monoisotopic (exact) mass is 234 g/mol. The van der Waals surface area contributed by atoms with Gasteiger partial charge in [-0.3, -0.25) is 4.90 Å². The highest BCUT2D eigenvalue weighted by Crippen LogP contribution is 2.27. The minimum Gasteiger partial charge on any atom is -0.372 e. The van der Waals surface area contributed by atoms with E-state index in [1.54, 1.807) is 6.20 Å². The SMILES string of the molecule is NNc1ncccc1CN1CC2CCC(C1)O2. The molecule has 2 saturated heterocycles. The Kier molecular flexibility index (Phi) is 2.96. The Morgan fingerprint density at radius 2 is 2.18 bits per heavy atom. The summed E-state index contributed by atoms with van der Waals surface area (Å²) in [6, 6.07) is 4.02. The maximum absolute atomic E-state index is 5.82. The predicted molar refractivity (Wildman–Crippen MR) is 65.2 cm³/mol. The molecule has 17 heavy (non-hydrogen) atoms. The fraction of sp³-hybridized carbons (Fsp3) is 0.583. The zero-order chi connectivity index (χ0) is 11.7. The zero-order valence-corrected chi connectivity index (χ0v) is 9.80. The van der Waals surface area contributed by atoms with E-state index in [1.165, 1.54) is 12.8 Å². The van der Waals surface area contributed by atoms with Crippen molar-refractivity contribution in [3.8, 4) is 0 Å². The van der Waals surface area contributed by atoms with E-state index in [2.05, 4.69) is 21.4 Å². The minimum absolute atomic E-state index is 0.430. The van der Waals surface area contributed by atoms with Gasteiger partial charge in [-0.25, -0.2) is 10.8 Å². The topological polar surface area (TPSA) is 63.4 Å². The molecule has 2 unspecified atom stereocenters. The maximum atomic E-state index is 5.82. The van der Waals surface area contributed by atoms with Crippen molar-refractivity contribution in [3.05, 3.63) is 23.9 Å². The molecular formula is C12H18N4O. The summed E-state index contributed by atoms with van der Waals surface area (Å²) in [6.07, 6.45) is 5.02. The van der Waals surface area contributed by atoms with Crippen molar-refractivity contribution in [3.63, 3.8) is 0 Å². The van der Waals surface area contributed by atoms with Gasteiger partial charge in [0.1, 0.15) is 5.82 Å². The molecule has 1 aromatic heterocycles. The molecule has 2 bridgehead atoms. The molecule has 0 aliphatic carbocycles. The predicted octanol–water partition coefficient (Wildman–Crippen LogP) is 0.730. The van der Waals surface area contributed by atoms with Gasteiger partial charge in [0.2, 0.25) is 0 Å². The lowest BCUT2D eigenvalue weighted by molar-refractivity contribution is -0.0410. The summed E-state index contributed by atoms with van der Waals surface area (Å²) in [4.78, 5) is 6.66. The lowest BCUT2D eigenvalue weighted by atomic mass is 10.2. The van der Waals surface area contributed by atoms with Gasteiger partial charge in [-0.15, -0.1) is 0 Å². The van der Waals surface area contributed by atoms with Crippen LogP contribution in [0.2, 0.25) is 0 Å². The summed E-state index contributed by atoms with van der Waals surface area (Å²) in [5.41, 5.74) is 3.80. The lowest BCUT2D eigenvalue weighted by Crippen LogP contribution is -2.42. The number of hydrogen-bond donors (Lipinski definition) is 2. The van der Waals surface area contributed by atoms with Crippen LogP contribution in [0.15, 0.2) is 18.3 Å².